The van der Waals surface area contributed by atoms with Crippen LogP contribution in [0.1, 0.15) is 19.4 Å². The molecule has 5 nitrogen and oxygen atoms in total. The second kappa shape index (κ2) is 10.4. The molecule has 124 valence electrons. The Kier molecular flexibility index (Phi) is 8.89. The Labute approximate surface area is 136 Å². The number of esters is 1. The molecule has 0 aromatic heterocycles. The molecule has 0 radical (unpaired) electrons. The van der Waals surface area contributed by atoms with Gasteiger partial charge in [-0.1, -0.05) is 30.7 Å². The number of methoxy groups -OCH3 is 1. The zero-order valence-corrected chi connectivity index (χ0v) is 14.1. The Hall–Kier alpha value is -1.30. The molecule has 0 aliphatic heterocycles. The van der Waals surface area contributed by atoms with E-state index in [2.05, 4.69) is 5.32 Å². The average molecular weight is 330 g/mol. The fourth-order valence-corrected chi connectivity index (χ4v) is 2.12. The van der Waals surface area contributed by atoms with Crippen molar-refractivity contribution in [1.82, 2.24) is 0 Å². The average Bonchev–Trinajstić information content (AvgIpc) is 2.52. The van der Waals surface area contributed by atoms with E-state index in [4.69, 9.17) is 25.8 Å². The molecule has 1 N–H and O–H groups in total. The van der Waals surface area contributed by atoms with Gasteiger partial charge in [-0.25, -0.2) is 4.79 Å². The second-order valence-electron chi connectivity index (χ2n) is 4.77. The number of carbonyl (C=O) groups excluding carboxylic acids is 1. The number of rotatable bonds is 10. The SMILES string of the molecule is CCc1cccc(Cl)c1N[C@@H](C)C(=O)OCCOCCOC. The molecule has 1 rings (SSSR count). The van der Waals surface area contributed by atoms with Gasteiger partial charge in [-0.2, -0.15) is 0 Å². The summed E-state index contributed by atoms with van der Waals surface area (Å²) in [6.45, 7) is 5.37. The van der Waals surface area contributed by atoms with Gasteiger partial charge in [0.1, 0.15) is 12.6 Å². The van der Waals surface area contributed by atoms with Crippen molar-refractivity contribution in [2.45, 2.75) is 26.3 Å². The molecule has 6 heteroatoms. The van der Waals surface area contributed by atoms with Crippen LogP contribution in [0.15, 0.2) is 18.2 Å². The highest BCUT2D eigenvalue weighted by atomic mass is 35.5. The van der Waals surface area contributed by atoms with Crippen LogP contribution >= 0.6 is 11.6 Å². The molecule has 0 amide bonds. The molecule has 22 heavy (non-hydrogen) atoms. The Balaban J connectivity index is 2.41. The lowest BCUT2D eigenvalue weighted by molar-refractivity contribution is -0.145. The van der Waals surface area contributed by atoms with Crippen LogP contribution in [0.5, 0.6) is 0 Å². The van der Waals surface area contributed by atoms with Crippen molar-refractivity contribution in [1.29, 1.82) is 0 Å². The van der Waals surface area contributed by atoms with Gasteiger partial charge in [0.15, 0.2) is 0 Å². The first kappa shape index (κ1) is 18.7. The molecule has 0 saturated carbocycles. The third-order valence-electron chi connectivity index (χ3n) is 3.10. The van der Waals surface area contributed by atoms with E-state index in [1.54, 1.807) is 20.1 Å². The molecule has 1 aromatic rings. The van der Waals surface area contributed by atoms with E-state index in [9.17, 15) is 4.79 Å². The maximum atomic E-state index is 11.9. The van der Waals surface area contributed by atoms with Crippen molar-refractivity contribution < 1.29 is 19.0 Å². The van der Waals surface area contributed by atoms with Crippen molar-refractivity contribution in [2.75, 3.05) is 38.9 Å². The quantitative estimate of drug-likeness (QED) is 0.528. The van der Waals surface area contributed by atoms with Gasteiger partial charge >= 0.3 is 5.97 Å². The summed E-state index contributed by atoms with van der Waals surface area (Å²) in [5.74, 6) is -0.336. The fraction of sp³-hybridized carbons (Fsp3) is 0.562. The van der Waals surface area contributed by atoms with Crippen LogP contribution < -0.4 is 5.32 Å². The molecule has 1 aromatic carbocycles. The standard InChI is InChI=1S/C16H24ClNO4/c1-4-13-6-5-7-14(17)15(13)18-12(2)16(19)22-11-10-21-9-8-20-3/h5-7,12,18H,4,8-11H2,1-3H3/t12-/m0/s1. The lowest BCUT2D eigenvalue weighted by atomic mass is 10.1. The summed E-state index contributed by atoms with van der Waals surface area (Å²) in [5.41, 5.74) is 1.85. The van der Waals surface area contributed by atoms with Crippen LogP contribution in [0.4, 0.5) is 5.69 Å². The molecule has 0 saturated heterocycles. The molecule has 0 aliphatic carbocycles. The Morgan fingerprint density at radius 3 is 2.68 bits per heavy atom. The van der Waals surface area contributed by atoms with Crippen LogP contribution in [0, 0.1) is 0 Å². The van der Waals surface area contributed by atoms with E-state index in [1.807, 2.05) is 19.1 Å². The summed E-state index contributed by atoms with van der Waals surface area (Å²) in [4.78, 5) is 11.9. The molecule has 1 atom stereocenters. The maximum absolute atomic E-state index is 11.9. The highest BCUT2D eigenvalue weighted by Gasteiger charge is 2.16. The van der Waals surface area contributed by atoms with Gasteiger partial charge in [0, 0.05) is 7.11 Å². The van der Waals surface area contributed by atoms with Crippen LogP contribution in [0.3, 0.4) is 0 Å². The third-order valence-corrected chi connectivity index (χ3v) is 3.41. The van der Waals surface area contributed by atoms with Crippen LogP contribution in [0.2, 0.25) is 5.02 Å². The number of halogens is 1. The number of hydrogen-bond donors (Lipinski definition) is 1. The van der Waals surface area contributed by atoms with Crippen molar-refractivity contribution in [3.8, 4) is 0 Å². The summed E-state index contributed by atoms with van der Waals surface area (Å²) < 4.78 is 15.2. The molecule has 0 bridgehead atoms. The number of carbonyl (C=O) groups is 1. The van der Waals surface area contributed by atoms with Gasteiger partial charge in [-0.15, -0.1) is 0 Å². The van der Waals surface area contributed by atoms with E-state index in [1.165, 1.54) is 0 Å². The smallest absolute Gasteiger partial charge is 0.328 e. The molecular formula is C16H24ClNO4. The van der Waals surface area contributed by atoms with Gasteiger partial charge in [0.2, 0.25) is 0 Å². The Bertz CT molecular complexity index is 467. The first-order valence-electron chi connectivity index (χ1n) is 7.37. The minimum absolute atomic E-state index is 0.220. The fourth-order valence-electron chi connectivity index (χ4n) is 1.87. The number of para-hydroxylation sites is 1. The summed E-state index contributed by atoms with van der Waals surface area (Å²) in [7, 11) is 1.61. The molecule has 0 heterocycles. The van der Waals surface area contributed by atoms with E-state index >= 15 is 0 Å². The highest BCUT2D eigenvalue weighted by molar-refractivity contribution is 6.33. The Morgan fingerprint density at radius 1 is 1.27 bits per heavy atom. The van der Waals surface area contributed by atoms with Crippen LogP contribution in [-0.4, -0.2) is 45.5 Å². The predicted molar refractivity (Wildman–Crippen MR) is 87.6 cm³/mol. The first-order valence-corrected chi connectivity index (χ1v) is 7.75. The third kappa shape index (κ3) is 6.22. The van der Waals surface area contributed by atoms with Gasteiger partial charge in [0.25, 0.3) is 0 Å². The Morgan fingerprint density at radius 2 is 2.00 bits per heavy atom. The van der Waals surface area contributed by atoms with E-state index in [-0.39, 0.29) is 12.6 Å². The lowest BCUT2D eigenvalue weighted by Crippen LogP contribution is -2.29. The van der Waals surface area contributed by atoms with E-state index in [0.29, 0.717) is 24.8 Å². The van der Waals surface area contributed by atoms with Crippen molar-refractivity contribution >= 4 is 23.3 Å². The summed E-state index contributed by atoms with van der Waals surface area (Å²) in [6, 6.07) is 5.19. The summed E-state index contributed by atoms with van der Waals surface area (Å²) in [5, 5.41) is 3.72. The number of anilines is 1. The van der Waals surface area contributed by atoms with Crippen LogP contribution in [0.25, 0.3) is 0 Å². The van der Waals surface area contributed by atoms with Gasteiger partial charge in [-0.3, -0.25) is 0 Å². The number of ether oxygens (including phenoxy) is 3. The van der Waals surface area contributed by atoms with Gasteiger partial charge in [0.05, 0.1) is 30.5 Å². The van der Waals surface area contributed by atoms with Crippen molar-refractivity contribution in [3.05, 3.63) is 28.8 Å². The zero-order chi connectivity index (χ0) is 16.4. The van der Waals surface area contributed by atoms with Crippen LogP contribution in [-0.2, 0) is 25.4 Å². The molecule has 0 fully saturated rings. The molecule has 0 spiro atoms. The van der Waals surface area contributed by atoms with Crippen molar-refractivity contribution in [2.24, 2.45) is 0 Å². The molecular weight excluding hydrogens is 306 g/mol. The highest BCUT2D eigenvalue weighted by Crippen LogP contribution is 2.27. The van der Waals surface area contributed by atoms with E-state index < -0.39 is 6.04 Å². The maximum Gasteiger partial charge on any atom is 0.328 e. The number of nitrogens with one attached hydrogen (secondary N) is 1. The molecule has 0 aliphatic rings. The van der Waals surface area contributed by atoms with Gasteiger partial charge in [-0.05, 0) is 25.0 Å². The summed E-state index contributed by atoms with van der Waals surface area (Å²) >= 11 is 6.19. The number of aryl methyl sites for hydroxylation is 1. The van der Waals surface area contributed by atoms with E-state index in [0.717, 1.165) is 17.7 Å². The summed E-state index contributed by atoms with van der Waals surface area (Å²) in [6.07, 6.45) is 0.831. The van der Waals surface area contributed by atoms with Gasteiger partial charge < -0.3 is 19.5 Å². The minimum Gasteiger partial charge on any atom is -0.462 e. The molecule has 0 unspecified atom stereocenters. The first-order chi connectivity index (χ1) is 10.6. The number of hydrogen-bond acceptors (Lipinski definition) is 5. The van der Waals surface area contributed by atoms with Crippen molar-refractivity contribution in [3.63, 3.8) is 0 Å². The zero-order valence-electron chi connectivity index (χ0n) is 13.4. The monoisotopic (exact) mass is 329 g/mol. The lowest BCUT2D eigenvalue weighted by Gasteiger charge is -2.18. The predicted octanol–water partition coefficient (Wildman–Crippen LogP) is 2.91. The topological polar surface area (TPSA) is 56.8 Å². The largest absolute Gasteiger partial charge is 0.462 e. The second-order valence-corrected chi connectivity index (χ2v) is 5.17. The minimum atomic E-state index is -0.482. The normalized spacial score (nSPS) is 12.0. The number of benzene rings is 1.